The molecule has 0 bridgehead atoms. The van der Waals surface area contributed by atoms with Crippen LogP contribution in [0.25, 0.3) is 0 Å². The Labute approximate surface area is 130 Å². The Morgan fingerprint density at radius 2 is 1.77 bits per heavy atom. The van der Waals surface area contributed by atoms with Gasteiger partial charge in [-0.1, -0.05) is 30.3 Å². The van der Waals surface area contributed by atoms with Gasteiger partial charge in [0.1, 0.15) is 6.10 Å². The molecule has 5 heteroatoms. The van der Waals surface area contributed by atoms with Crippen LogP contribution in [0.1, 0.15) is 18.4 Å². The van der Waals surface area contributed by atoms with Crippen molar-refractivity contribution < 1.29 is 9.13 Å². The molecule has 0 saturated carbocycles. The zero-order valence-electron chi connectivity index (χ0n) is 12.5. The number of rotatable bonds is 5. The number of ether oxygens (including phenoxy) is 1. The van der Waals surface area contributed by atoms with Crippen LogP contribution >= 0.6 is 0 Å². The first kappa shape index (κ1) is 14.9. The van der Waals surface area contributed by atoms with Crippen LogP contribution < -0.4 is 4.74 Å². The lowest BCUT2D eigenvalue weighted by Gasteiger charge is -2.31. The Bertz CT molecular complexity index is 568. The molecule has 0 N–H and O–H groups in total. The minimum absolute atomic E-state index is 0.124. The average Bonchev–Trinajstić information content (AvgIpc) is 2.57. The topological polar surface area (TPSA) is 38.2 Å². The quantitative estimate of drug-likeness (QED) is 0.851. The summed E-state index contributed by atoms with van der Waals surface area (Å²) in [4.78, 5) is 10.1. The maximum Gasteiger partial charge on any atom is 0.316 e. The number of piperidine rings is 1. The lowest BCUT2D eigenvalue weighted by Crippen LogP contribution is -2.39. The van der Waals surface area contributed by atoms with Crippen LogP contribution in [0.4, 0.5) is 4.39 Å². The van der Waals surface area contributed by atoms with E-state index in [-0.39, 0.29) is 12.1 Å². The molecular weight excluding hydrogens is 281 g/mol. The fourth-order valence-electron chi connectivity index (χ4n) is 2.69. The van der Waals surface area contributed by atoms with Crippen molar-refractivity contribution in [3.63, 3.8) is 0 Å². The Balaban J connectivity index is 1.41. The molecule has 1 saturated heterocycles. The predicted octanol–water partition coefficient (Wildman–Crippen LogP) is 2.70. The molecule has 0 amide bonds. The highest BCUT2D eigenvalue weighted by Gasteiger charge is 2.21. The van der Waals surface area contributed by atoms with E-state index in [2.05, 4.69) is 39.1 Å². The van der Waals surface area contributed by atoms with E-state index >= 15 is 0 Å². The minimum Gasteiger partial charge on any atom is -0.460 e. The van der Waals surface area contributed by atoms with E-state index in [0.29, 0.717) is 0 Å². The van der Waals surface area contributed by atoms with Gasteiger partial charge >= 0.3 is 6.01 Å². The maximum atomic E-state index is 12.8. The first-order chi connectivity index (χ1) is 10.8. The summed E-state index contributed by atoms with van der Waals surface area (Å²) in [6, 6.07) is 10.8. The summed E-state index contributed by atoms with van der Waals surface area (Å²) in [5, 5.41) is 0. The molecule has 3 rings (SSSR count). The molecule has 4 nitrogen and oxygen atoms in total. The summed E-state index contributed by atoms with van der Waals surface area (Å²) >= 11 is 0. The molecular formula is C17H20FN3O. The van der Waals surface area contributed by atoms with E-state index in [9.17, 15) is 4.39 Å². The van der Waals surface area contributed by atoms with Crippen molar-refractivity contribution in [3.05, 3.63) is 54.1 Å². The summed E-state index contributed by atoms with van der Waals surface area (Å²) in [7, 11) is 0. The largest absolute Gasteiger partial charge is 0.460 e. The molecule has 116 valence electrons. The van der Waals surface area contributed by atoms with E-state index in [1.165, 1.54) is 5.56 Å². The van der Waals surface area contributed by atoms with Gasteiger partial charge in [-0.2, -0.15) is 0 Å². The van der Waals surface area contributed by atoms with Crippen molar-refractivity contribution in [1.82, 2.24) is 14.9 Å². The van der Waals surface area contributed by atoms with Crippen molar-refractivity contribution in [3.8, 4) is 6.01 Å². The Morgan fingerprint density at radius 1 is 1.09 bits per heavy atom. The van der Waals surface area contributed by atoms with Crippen LogP contribution in [-0.4, -0.2) is 40.6 Å². The first-order valence-electron chi connectivity index (χ1n) is 7.70. The van der Waals surface area contributed by atoms with Gasteiger partial charge in [-0.3, -0.25) is 0 Å². The van der Waals surface area contributed by atoms with E-state index in [4.69, 9.17) is 4.74 Å². The first-order valence-corrected chi connectivity index (χ1v) is 7.70. The van der Waals surface area contributed by atoms with Crippen molar-refractivity contribution >= 4 is 0 Å². The van der Waals surface area contributed by atoms with Crippen molar-refractivity contribution in [2.75, 3.05) is 19.6 Å². The summed E-state index contributed by atoms with van der Waals surface area (Å²) in [5.41, 5.74) is 1.38. The van der Waals surface area contributed by atoms with Gasteiger partial charge in [0.2, 0.25) is 0 Å². The Kier molecular flexibility index (Phi) is 4.96. The second kappa shape index (κ2) is 7.31. The highest BCUT2D eigenvalue weighted by atomic mass is 19.1. The van der Waals surface area contributed by atoms with E-state index < -0.39 is 5.82 Å². The third-order valence-electron chi connectivity index (χ3n) is 3.96. The molecule has 1 aliphatic heterocycles. The summed E-state index contributed by atoms with van der Waals surface area (Å²) < 4.78 is 18.5. The fraction of sp³-hybridized carbons (Fsp3) is 0.412. The maximum absolute atomic E-state index is 12.8. The van der Waals surface area contributed by atoms with Crippen molar-refractivity contribution in [2.45, 2.75) is 25.4 Å². The van der Waals surface area contributed by atoms with Crippen molar-refractivity contribution in [2.24, 2.45) is 0 Å². The monoisotopic (exact) mass is 301 g/mol. The highest BCUT2D eigenvalue weighted by Crippen LogP contribution is 2.16. The summed E-state index contributed by atoms with van der Waals surface area (Å²) in [6.07, 6.45) is 5.38. The Hall–Kier alpha value is -2.01. The van der Waals surface area contributed by atoms with Gasteiger partial charge in [0.15, 0.2) is 5.82 Å². The summed E-state index contributed by atoms with van der Waals surface area (Å²) in [5.74, 6) is -0.442. The van der Waals surface area contributed by atoms with Gasteiger partial charge in [-0.05, 0) is 24.8 Å². The van der Waals surface area contributed by atoms with Gasteiger partial charge in [0.25, 0.3) is 0 Å². The Morgan fingerprint density at radius 3 is 2.45 bits per heavy atom. The van der Waals surface area contributed by atoms with Gasteiger partial charge < -0.3 is 9.64 Å². The van der Waals surface area contributed by atoms with Gasteiger partial charge in [0.05, 0.1) is 12.4 Å². The minimum atomic E-state index is -0.442. The fourth-order valence-corrected chi connectivity index (χ4v) is 2.69. The predicted molar refractivity (Wildman–Crippen MR) is 82.2 cm³/mol. The van der Waals surface area contributed by atoms with Gasteiger partial charge in [-0.25, -0.2) is 14.4 Å². The van der Waals surface area contributed by atoms with Crippen LogP contribution in [0.15, 0.2) is 42.7 Å². The highest BCUT2D eigenvalue weighted by molar-refractivity contribution is 5.14. The number of hydrogen-bond donors (Lipinski definition) is 0. The van der Waals surface area contributed by atoms with Crippen LogP contribution in [0, 0.1) is 5.82 Å². The van der Waals surface area contributed by atoms with Crippen LogP contribution in [0.2, 0.25) is 0 Å². The molecule has 1 aromatic heterocycles. The number of likely N-dealkylation sites (tertiary alicyclic amines) is 1. The third-order valence-corrected chi connectivity index (χ3v) is 3.96. The number of hydrogen-bond acceptors (Lipinski definition) is 4. The smallest absolute Gasteiger partial charge is 0.316 e. The average molecular weight is 301 g/mol. The lowest BCUT2D eigenvalue weighted by molar-refractivity contribution is 0.0931. The van der Waals surface area contributed by atoms with Gasteiger partial charge in [-0.15, -0.1) is 0 Å². The molecule has 1 aromatic carbocycles. The van der Waals surface area contributed by atoms with Crippen LogP contribution in [-0.2, 0) is 6.42 Å². The molecule has 2 aromatic rings. The molecule has 1 aliphatic rings. The summed E-state index contributed by atoms with van der Waals surface area (Å²) in [6.45, 7) is 3.10. The zero-order valence-corrected chi connectivity index (χ0v) is 12.5. The molecule has 1 fully saturated rings. The molecule has 0 aliphatic carbocycles. The molecule has 2 heterocycles. The molecule has 0 unspecified atom stereocenters. The number of benzene rings is 1. The molecule has 22 heavy (non-hydrogen) atoms. The molecule has 0 radical (unpaired) electrons. The van der Waals surface area contributed by atoms with E-state index in [0.717, 1.165) is 51.3 Å². The number of aromatic nitrogens is 2. The van der Waals surface area contributed by atoms with Crippen LogP contribution in [0.5, 0.6) is 6.01 Å². The zero-order chi connectivity index (χ0) is 15.2. The molecule has 0 spiro atoms. The normalized spacial score (nSPS) is 16.6. The van der Waals surface area contributed by atoms with E-state index in [1.807, 2.05) is 6.07 Å². The standard InChI is InChI=1S/C17H20FN3O/c18-15-12-19-17(20-13-15)22-16-7-10-21(11-8-16)9-6-14-4-2-1-3-5-14/h1-5,12-13,16H,6-11H2. The van der Waals surface area contributed by atoms with Crippen LogP contribution in [0.3, 0.4) is 0 Å². The third kappa shape index (κ3) is 4.24. The number of nitrogens with zero attached hydrogens (tertiary/aromatic N) is 3. The lowest BCUT2D eigenvalue weighted by atomic mass is 10.1. The SMILES string of the molecule is Fc1cnc(OC2CCN(CCc3ccccc3)CC2)nc1. The molecule has 0 atom stereocenters. The van der Waals surface area contributed by atoms with Gasteiger partial charge in [0, 0.05) is 19.6 Å². The number of halogens is 1. The van der Waals surface area contributed by atoms with Crippen molar-refractivity contribution in [1.29, 1.82) is 0 Å². The second-order valence-electron chi connectivity index (χ2n) is 5.58. The second-order valence-corrected chi connectivity index (χ2v) is 5.58. The van der Waals surface area contributed by atoms with E-state index in [1.54, 1.807) is 0 Å².